The fourth-order valence-corrected chi connectivity index (χ4v) is 2.88. The van der Waals surface area contributed by atoms with Crippen LogP contribution in [0.25, 0.3) is 0 Å². The highest BCUT2D eigenvalue weighted by Crippen LogP contribution is 2.25. The van der Waals surface area contributed by atoms with Crippen LogP contribution in [0.3, 0.4) is 0 Å². The summed E-state index contributed by atoms with van der Waals surface area (Å²) in [5.74, 6) is 0.960. The Morgan fingerprint density at radius 3 is 2.89 bits per heavy atom. The van der Waals surface area contributed by atoms with Crippen molar-refractivity contribution in [1.82, 2.24) is 5.32 Å². The summed E-state index contributed by atoms with van der Waals surface area (Å²) in [5, 5.41) is 6.21. The van der Waals surface area contributed by atoms with Crippen molar-refractivity contribution in [3.63, 3.8) is 0 Å². The molecule has 0 spiro atoms. The molecule has 1 saturated heterocycles. The van der Waals surface area contributed by atoms with Gasteiger partial charge in [0.2, 0.25) is 11.8 Å². The molecular formula is C12H12Cl2N2O2S. The number of anilines is 1. The zero-order valence-electron chi connectivity index (χ0n) is 9.91. The number of carbonyl (C=O) groups is 2. The highest BCUT2D eigenvalue weighted by Gasteiger charge is 2.23. The fraction of sp³-hybridized carbons (Fsp3) is 0.333. The van der Waals surface area contributed by atoms with Gasteiger partial charge in [-0.2, -0.15) is 11.8 Å². The molecule has 1 aliphatic rings. The smallest absolute Gasteiger partial charge is 0.247 e. The SMILES string of the molecule is O=C1CCSC[C@@H](C(=O)Nc2ccc(Cl)c(Cl)c2)N1. The molecule has 0 bridgehead atoms. The van der Waals surface area contributed by atoms with E-state index in [2.05, 4.69) is 10.6 Å². The molecule has 1 aliphatic heterocycles. The van der Waals surface area contributed by atoms with Gasteiger partial charge in [0.15, 0.2) is 0 Å². The molecule has 1 aromatic rings. The Morgan fingerprint density at radius 2 is 2.16 bits per heavy atom. The molecule has 2 amide bonds. The van der Waals surface area contributed by atoms with E-state index in [0.29, 0.717) is 27.9 Å². The molecule has 19 heavy (non-hydrogen) atoms. The summed E-state index contributed by atoms with van der Waals surface area (Å²) in [6.45, 7) is 0. The lowest BCUT2D eigenvalue weighted by atomic mass is 10.2. The molecular weight excluding hydrogens is 307 g/mol. The standard InChI is InChI=1S/C12H12Cl2N2O2S/c13-8-2-1-7(5-9(8)14)15-12(18)10-6-19-4-3-11(17)16-10/h1-2,5,10H,3-4,6H2,(H,15,18)(H,16,17)/t10-/m0/s1. The molecule has 1 heterocycles. The van der Waals surface area contributed by atoms with E-state index in [-0.39, 0.29) is 11.8 Å². The van der Waals surface area contributed by atoms with Crippen LogP contribution in [0.1, 0.15) is 6.42 Å². The molecule has 0 radical (unpaired) electrons. The van der Waals surface area contributed by atoms with Crippen LogP contribution in [0.2, 0.25) is 10.0 Å². The summed E-state index contributed by atoms with van der Waals surface area (Å²) in [6.07, 6.45) is 0.446. The van der Waals surface area contributed by atoms with Gasteiger partial charge in [0.1, 0.15) is 6.04 Å². The van der Waals surface area contributed by atoms with Crippen LogP contribution < -0.4 is 10.6 Å². The Labute approximate surface area is 125 Å². The lowest BCUT2D eigenvalue weighted by Gasteiger charge is -2.15. The summed E-state index contributed by atoms with van der Waals surface area (Å²) in [5.41, 5.74) is 0.558. The minimum absolute atomic E-state index is 0.0979. The minimum Gasteiger partial charge on any atom is -0.343 e. The van der Waals surface area contributed by atoms with Gasteiger partial charge in [-0.05, 0) is 18.2 Å². The van der Waals surface area contributed by atoms with Gasteiger partial charge in [-0.25, -0.2) is 0 Å². The first-order valence-corrected chi connectivity index (χ1v) is 7.60. The molecule has 4 nitrogen and oxygen atoms in total. The van der Waals surface area contributed by atoms with Crippen molar-refractivity contribution in [2.75, 3.05) is 16.8 Å². The van der Waals surface area contributed by atoms with Gasteiger partial charge in [-0.3, -0.25) is 9.59 Å². The van der Waals surface area contributed by atoms with Gasteiger partial charge < -0.3 is 10.6 Å². The number of rotatable bonds is 2. The second-order valence-electron chi connectivity index (χ2n) is 4.06. The maximum atomic E-state index is 12.0. The molecule has 1 fully saturated rings. The first-order chi connectivity index (χ1) is 9.06. The molecule has 102 valence electrons. The van der Waals surface area contributed by atoms with E-state index >= 15 is 0 Å². The maximum absolute atomic E-state index is 12.0. The van der Waals surface area contributed by atoms with Gasteiger partial charge in [0.05, 0.1) is 10.0 Å². The molecule has 2 rings (SSSR count). The summed E-state index contributed by atoms with van der Waals surface area (Å²) >= 11 is 13.3. The van der Waals surface area contributed by atoms with E-state index in [1.807, 2.05) is 0 Å². The Kier molecular flexibility index (Phi) is 4.96. The van der Waals surface area contributed by atoms with Gasteiger partial charge >= 0.3 is 0 Å². The number of hydrogen-bond donors (Lipinski definition) is 2. The largest absolute Gasteiger partial charge is 0.343 e. The third-order valence-corrected chi connectivity index (χ3v) is 4.40. The van der Waals surface area contributed by atoms with E-state index in [1.54, 1.807) is 30.0 Å². The Hall–Kier alpha value is -0.910. The molecule has 1 atom stereocenters. The molecule has 0 aromatic heterocycles. The average Bonchev–Trinajstić information content (AvgIpc) is 2.58. The first kappa shape index (κ1) is 14.5. The van der Waals surface area contributed by atoms with Crippen molar-refractivity contribution < 1.29 is 9.59 Å². The molecule has 2 N–H and O–H groups in total. The number of thioether (sulfide) groups is 1. The van der Waals surface area contributed by atoms with Gasteiger partial charge in [-0.15, -0.1) is 0 Å². The summed E-state index contributed by atoms with van der Waals surface area (Å²) in [4.78, 5) is 23.5. The summed E-state index contributed by atoms with van der Waals surface area (Å²) < 4.78 is 0. The first-order valence-electron chi connectivity index (χ1n) is 5.69. The van der Waals surface area contributed by atoms with Crippen molar-refractivity contribution in [3.8, 4) is 0 Å². The van der Waals surface area contributed by atoms with Crippen LogP contribution in [0, 0.1) is 0 Å². The van der Waals surface area contributed by atoms with E-state index in [9.17, 15) is 9.59 Å². The lowest BCUT2D eigenvalue weighted by Crippen LogP contribution is -2.44. The van der Waals surface area contributed by atoms with Crippen molar-refractivity contribution in [2.24, 2.45) is 0 Å². The van der Waals surface area contributed by atoms with Crippen LogP contribution in [0.5, 0.6) is 0 Å². The number of nitrogens with one attached hydrogen (secondary N) is 2. The third-order valence-electron chi connectivity index (χ3n) is 2.60. The third kappa shape index (κ3) is 4.03. The normalized spacial score (nSPS) is 19.5. The molecule has 7 heteroatoms. The van der Waals surface area contributed by atoms with Crippen LogP contribution in [0.4, 0.5) is 5.69 Å². The number of benzene rings is 1. The molecule has 0 aliphatic carbocycles. The van der Waals surface area contributed by atoms with Gasteiger partial charge in [-0.1, -0.05) is 23.2 Å². The number of hydrogen-bond acceptors (Lipinski definition) is 3. The van der Waals surface area contributed by atoms with Crippen molar-refractivity contribution >= 4 is 52.5 Å². The van der Waals surface area contributed by atoms with E-state index < -0.39 is 6.04 Å². The quantitative estimate of drug-likeness (QED) is 0.881. The summed E-state index contributed by atoms with van der Waals surface area (Å²) in [7, 11) is 0. The average molecular weight is 319 g/mol. The zero-order chi connectivity index (χ0) is 13.8. The van der Waals surface area contributed by atoms with E-state index in [0.717, 1.165) is 5.75 Å². The van der Waals surface area contributed by atoms with Crippen molar-refractivity contribution in [3.05, 3.63) is 28.2 Å². The Morgan fingerprint density at radius 1 is 1.37 bits per heavy atom. The molecule has 0 unspecified atom stereocenters. The predicted molar refractivity (Wildman–Crippen MR) is 79.0 cm³/mol. The van der Waals surface area contributed by atoms with Gasteiger partial charge in [0.25, 0.3) is 0 Å². The van der Waals surface area contributed by atoms with E-state index in [1.165, 1.54) is 0 Å². The van der Waals surface area contributed by atoms with Gasteiger partial charge in [0, 0.05) is 23.6 Å². The molecule has 0 saturated carbocycles. The lowest BCUT2D eigenvalue weighted by molar-refractivity contribution is -0.125. The van der Waals surface area contributed by atoms with E-state index in [4.69, 9.17) is 23.2 Å². The second-order valence-corrected chi connectivity index (χ2v) is 6.03. The second kappa shape index (κ2) is 6.50. The molecule has 1 aromatic carbocycles. The Bertz CT molecular complexity index is 511. The van der Waals surface area contributed by atoms with Crippen molar-refractivity contribution in [2.45, 2.75) is 12.5 Å². The highest BCUT2D eigenvalue weighted by molar-refractivity contribution is 7.99. The topological polar surface area (TPSA) is 58.2 Å². The maximum Gasteiger partial charge on any atom is 0.247 e. The van der Waals surface area contributed by atoms with Crippen LogP contribution in [-0.4, -0.2) is 29.4 Å². The fourth-order valence-electron chi connectivity index (χ4n) is 1.62. The Balaban J connectivity index is 2.03. The number of carbonyl (C=O) groups excluding carboxylic acids is 2. The number of halogens is 2. The zero-order valence-corrected chi connectivity index (χ0v) is 12.2. The minimum atomic E-state index is -0.519. The van der Waals surface area contributed by atoms with Crippen LogP contribution in [0.15, 0.2) is 18.2 Å². The highest BCUT2D eigenvalue weighted by atomic mass is 35.5. The summed E-state index contributed by atoms with van der Waals surface area (Å²) in [6, 6.07) is 4.33. The monoisotopic (exact) mass is 318 g/mol. The number of amides is 2. The van der Waals surface area contributed by atoms with Crippen LogP contribution >= 0.6 is 35.0 Å². The van der Waals surface area contributed by atoms with Crippen molar-refractivity contribution in [1.29, 1.82) is 0 Å². The van der Waals surface area contributed by atoms with Crippen LogP contribution in [-0.2, 0) is 9.59 Å². The predicted octanol–water partition coefficient (Wildman–Crippen LogP) is 2.55.